The predicted octanol–water partition coefficient (Wildman–Crippen LogP) is 7.10. The molecule has 0 radical (unpaired) electrons. The van der Waals surface area contributed by atoms with E-state index in [0.29, 0.717) is 28.5 Å². The summed E-state index contributed by atoms with van der Waals surface area (Å²) < 4.78 is 8.20. The van der Waals surface area contributed by atoms with Gasteiger partial charge in [0.15, 0.2) is 8.32 Å². The molecule has 0 heterocycles. The smallest absolute Gasteiger partial charge is 0.200 e. The van der Waals surface area contributed by atoms with Gasteiger partial charge < -0.3 is 4.43 Å². The van der Waals surface area contributed by atoms with E-state index in [1.165, 1.54) is 15.6 Å². The summed E-state index contributed by atoms with van der Waals surface area (Å²) >= 11 is 2.47. The highest BCUT2D eigenvalue weighted by Crippen LogP contribution is 2.43. The Labute approximate surface area is 153 Å². The Morgan fingerprint density at radius 1 is 1.09 bits per heavy atom. The predicted molar refractivity (Wildman–Crippen MR) is 110 cm³/mol. The van der Waals surface area contributed by atoms with Crippen LogP contribution in [0.2, 0.25) is 16.6 Å². The summed E-state index contributed by atoms with van der Waals surface area (Å²) in [4.78, 5) is 0. The molecule has 0 saturated carbocycles. The van der Waals surface area contributed by atoms with E-state index in [-0.39, 0.29) is 0 Å². The minimum absolute atomic E-state index is 0.595. The zero-order valence-corrected chi connectivity index (χ0v) is 18.9. The molecule has 0 amide bonds. The molecule has 3 heteroatoms. The molecule has 1 aliphatic carbocycles. The van der Waals surface area contributed by atoms with Gasteiger partial charge in [0.05, 0.1) is 0 Å². The summed E-state index contributed by atoms with van der Waals surface area (Å²) in [6.07, 6.45) is 6.01. The zero-order chi connectivity index (χ0) is 17.1. The molecule has 1 nitrogen and oxygen atoms in total. The molecule has 22 heavy (non-hydrogen) atoms. The van der Waals surface area contributed by atoms with Crippen molar-refractivity contribution < 1.29 is 4.43 Å². The molecule has 0 aliphatic heterocycles. The average molecular weight is 434 g/mol. The van der Waals surface area contributed by atoms with E-state index in [1.54, 1.807) is 0 Å². The highest BCUT2D eigenvalue weighted by Gasteiger charge is 2.45. The van der Waals surface area contributed by atoms with Crippen LogP contribution < -0.4 is 0 Å². The van der Waals surface area contributed by atoms with Crippen LogP contribution in [0.4, 0.5) is 0 Å². The molecular weight excluding hydrogens is 399 g/mol. The van der Waals surface area contributed by atoms with Gasteiger partial charge in [-0.1, -0.05) is 60.6 Å². The van der Waals surface area contributed by atoms with Gasteiger partial charge in [0, 0.05) is 10.2 Å². The second-order valence-corrected chi connectivity index (χ2v) is 14.5. The maximum absolute atomic E-state index is 6.78. The molecule has 1 rings (SSSR count). The largest absolute Gasteiger partial charge is 0.416 e. The topological polar surface area (TPSA) is 9.23 Å². The van der Waals surface area contributed by atoms with Crippen molar-refractivity contribution in [1.82, 2.24) is 0 Å². The highest BCUT2D eigenvalue weighted by atomic mass is 127. The van der Waals surface area contributed by atoms with Gasteiger partial charge in [-0.25, -0.2) is 0 Å². The second kappa shape index (κ2) is 8.47. The third-order valence-electron chi connectivity index (χ3n) is 5.47. The van der Waals surface area contributed by atoms with E-state index in [2.05, 4.69) is 90.1 Å². The lowest BCUT2D eigenvalue weighted by Gasteiger charge is -2.43. The molecule has 0 fully saturated rings. The number of allylic oxidation sites excluding steroid dienone is 4. The van der Waals surface area contributed by atoms with Crippen molar-refractivity contribution in [2.45, 2.75) is 78.4 Å². The van der Waals surface area contributed by atoms with Crippen LogP contribution in [-0.4, -0.2) is 14.9 Å². The van der Waals surface area contributed by atoms with E-state index >= 15 is 0 Å². The normalized spacial score (nSPS) is 21.4. The minimum Gasteiger partial charge on any atom is -0.416 e. The first-order chi connectivity index (χ1) is 10.1. The van der Waals surface area contributed by atoms with Gasteiger partial charge in [0.25, 0.3) is 0 Å². The highest BCUT2D eigenvalue weighted by molar-refractivity contribution is 14.1. The van der Waals surface area contributed by atoms with Crippen molar-refractivity contribution in [2.75, 3.05) is 6.61 Å². The van der Waals surface area contributed by atoms with Crippen LogP contribution >= 0.6 is 22.6 Å². The lowest BCUT2D eigenvalue weighted by atomic mass is 9.87. The molecule has 0 aromatic rings. The SMILES string of the molecule is CC1=CC[C@H]([C@H](C)CO[Si](C(C)C)(C(C)C)C(C)C)C=C1I. The molecule has 0 unspecified atom stereocenters. The van der Waals surface area contributed by atoms with Crippen LogP contribution in [0.5, 0.6) is 0 Å². The van der Waals surface area contributed by atoms with Gasteiger partial charge in [0.2, 0.25) is 0 Å². The molecular formula is C19H35IOSi. The Bertz CT molecular complexity index is 401. The lowest BCUT2D eigenvalue weighted by Crippen LogP contribution is -2.48. The van der Waals surface area contributed by atoms with Crippen molar-refractivity contribution in [1.29, 1.82) is 0 Å². The second-order valence-electron chi connectivity index (χ2n) is 7.91. The van der Waals surface area contributed by atoms with Gasteiger partial charge in [-0.05, 0) is 70.0 Å². The zero-order valence-electron chi connectivity index (χ0n) is 15.7. The first-order valence-electron chi connectivity index (χ1n) is 8.81. The fraction of sp³-hybridized carbons (Fsp3) is 0.789. The molecule has 0 spiro atoms. The van der Waals surface area contributed by atoms with Crippen LogP contribution in [0, 0.1) is 11.8 Å². The maximum Gasteiger partial charge on any atom is 0.200 e. The van der Waals surface area contributed by atoms with Crippen LogP contribution in [-0.2, 0) is 4.43 Å². The fourth-order valence-electron chi connectivity index (χ4n) is 4.09. The summed E-state index contributed by atoms with van der Waals surface area (Å²) in [6, 6.07) is 0. The molecule has 1 aliphatic rings. The number of halogens is 1. The standard InChI is InChI=1S/C19H35IOSi/c1-13(2)22(14(3)4,15(5)6)21-12-17(8)18-10-9-16(7)19(20)11-18/h9,11,13-15,17-18H,10,12H2,1-8H3/t17-,18+/m1/s1. The Balaban J connectivity index is 2.78. The molecule has 0 bridgehead atoms. The van der Waals surface area contributed by atoms with Crippen LogP contribution in [0.25, 0.3) is 0 Å². The fourth-order valence-corrected chi connectivity index (χ4v) is 10.3. The Morgan fingerprint density at radius 2 is 1.59 bits per heavy atom. The Kier molecular flexibility index (Phi) is 7.87. The van der Waals surface area contributed by atoms with Gasteiger partial charge in [0.1, 0.15) is 0 Å². The molecule has 0 aromatic heterocycles. The van der Waals surface area contributed by atoms with E-state index in [9.17, 15) is 0 Å². The van der Waals surface area contributed by atoms with Gasteiger partial charge >= 0.3 is 0 Å². The summed E-state index contributed by atoms with van der Waals surface area (Å²) in [7, 11) is -1.72. The summed E-state index contributed by atoms with van der Waals surface area (Å²) in [5, 5.41) is 0. The van der Waals surface area contributed by atoms with E-state index in [4.69, 9.17) is 4.43 Å². The van der Waals surface area contributed by atoms with Gasteiger partial charge in [-0.3, -0.25) is 0 Å². The number of hydrogen-bond donors (Lipinski definition) is 0. The first kappa shape index (κ1) is 20.4. The monoisotopic (exact) mass is 434 g/mol. The van der Waals surface area contributed by atoms with E-state index < -0.39 is 8.32 Å². The van der Waals surface area contributed by atoms with Crippen molar-refractivity contribution in [3.05, 3.63) is 21.3 Å². The van der Waals surface area contributed by atoms with Crippen LogP contribution in [0.1, 0.15) is 61.8 Å². The maximum atomic E-state index is 6.78. The van der Waals surface area contributed by atoms with Crippen molar-refractivity contribution in [3.63, 3.8) is 0 Å². The van der Waals surface area contributed by atoms with Gasteiger partial charge in [-0.15, -0.1) is 0 Å². The minimum atomic E-state index is -1.72. The quantitative estimate of drug-likeness (QED) is 0.307. The van der Waals surface area contributed by atoms with E-state index in [1.807, 2.05) is 0 Å². The van der Waals surface area contributed by atoms with E-state index in [0.717, 1.165) is 6.61 Å². The molecule has 128 valence electrons. The Hall–Kier alpha value is 0.387. The lowest BCUT2D eigenvalue weighted by molar-refractivity contribution is 0.202. The summed E-state index contributed by atoms with van der Waals surface area (Å²) in [5.41, 5.74) is 3.44. The van der Waals surface area contributed by atoms with Crippen molar-refractivity contribution >= 4 is 30.9 Å². The van der Waals surface area contributed by atoms with Gasteiger partial charge in [-0.2, -0.15) is 0 Å². The summed E-state index contributed by atoms with van der Waals surface area (Å²) in [5.74, 6) is 1.23. The first-order valence-corrected chi connectivity index (χ1v) is 12.0. The number of rotatable bonds is 7. The number of hydrogen-bond acceptors (Lipinski definition) is 1. The average Bonchev–Trinajstić information content (AvgIpc) is 2.41. The molecule has 0 saturated heterocycles. The van der Waals surface area contributed by atoms with Crippen molar-refractivity contribution in [3.8, 4) is 0 Å². The van der Waals surface area contributed by atoms with Crippen LogP contribution in [0.15, 0.2) is 21.3 Å². The summed E-state index contributed by atoms with van der Waals surface area (Å²) in [6.45, 7) is 19.7. The third-order valence-corrected chi connectivity index (χ3v) is 12.8. The molecule has 0 N–H and O–H groups in total. The molecule has 2 atom stereocenters. The van der Waals surface area contributed by atoms with Crippen LogP contribution in [0.3, 0.4) is 0 Å². The molecule has 0 aromatic carbocycles. The Morgan fingerprint density at radius 3 is 2.00 bits per heavy atom. The third kappa shape index (κ3) is 4.47. The van der Waals surface area contributed by atoms with Crippen molar-refractivity contribution in [2.24, 2.45) is 11.8 Å².